The van der Waals surface area contributed by atoms with Gasteiger partial charge in [0.15, 0.2) is 6.10 Å². The normalized spacial score (nSPS) is 11.5. The summed E-state index contributed by atoms with van der Waals surface area (Å²) in [6.45, 7) is 4.80. The smallest absolute Gasteiger partial charge is 0.265 e. The van der Waals surface area contributed by atoms with Gasteiger partial charge in [-0.05, 0) is 43.5 Å². The van der Waals surface area contributed by atoms with Gasteiger partial charge in [-0.1, -0.05) is 37.3 Å². The average Bonchev–Trinajstić information content (AvgIpc) is 2.71. The highest BCUT2D eigenvalue weighted by Crippen LogP contribution is 2.21. The number of hydrogen-bond donors (Lipinski definition) is 2. The number of amides is 2. The predicted molar refractivity (Wildman–Crippen MR) is 110 cm³/mol. The third kappa shape index (κ3) is 6.09. The van der Waals surface area contributed by atoms with E-state index in [0.29, 0.717) is 30.2 Å². The molecular formula is C22H28N2O4. The summed E-state index contributed by atoms with van der Waals surface area (Å²) in [6, 6.07) is 14.6. The zero-order valence-corrected chi connectivity index (χ0v) is 16.7. The molecule has 2 amide bonds. The zero-order chi connectivity index (χ0) is 20.4. The molecule has 0 saturated heterocycles. The molecule has 0 fully saturated rings. The van der Waals surface area contributed by atoms with Crippen molar-refractivity contribution < 1.29 is 19.1 Å². The Labute approximate surface area is 166 Å². The Morgan fingerprint density at radius 1 is 1.07 bits per heavy atom. The molecule has 0 unspecified atom stereocenters. The molecule has 0 saturated carbocycles. The van der Waals surface area contributed by atoms with Crippen LogP contribution in [0.25, 0.3) is 0 Å². The number of rotatable bonds is 10. The van der Waals surface area contributed by atoms with Crippen LogP contribution in [-0.4, -0.2) is 38.2 Å². The highest BCUT2D eigenvalue weighted by atomic mass is 16.5. The van der Waals surface area contributed by atoms with Crippen molar-refractivity contribution in [1.29, 1.82) is 0 Å². The molecule has 0 aliphatic carbocycles. The van der Waals surface area contributed by atoms with Crippen LogP contribution >= 0.6 is 0 Å². The van der Waals surface area contributed by atoms with Gasteiger partial charge in [-0.2, -0.15) is 0 Å². The standard InChI is InChI=1S/C22H28N2O4/c1-4-17-10-5-8-13-20(17)28-16(2)21(25)24-19-12-7-6-11-18(19)22(26)23-14-9-15-27-3/h5-8,10-13,16H,4,9,14-15H2,1-3H3,(H,23,26)(H,24,25)/t16-/m0/s1. The van der Waals surface area contributed by atoms with Gasteiger partial charge in [0.2, 0.25) is 0 Å². The summed E-state index contributed by atoms with van der Waals surface area (Å²) in [5.41, 5.74) is 1.91. The van der Waals surface area contributed by atoms with Crippen molar-refractivity contribution in [2.24, 2.45) is 0 Å². The van der Waals surface area contributed by atoms with E-state index in [1.807, 2.05) is 31.2 Å². The minimum absolute atomic E-state index is 0.239. The number of para-hydroxylation sites is 2. The van der Waals surface area contributed by atoms with E-state index >= 15 is 0 Å². The molecule has 2 aromatic rings. The lowest BCUT2D eigenvalue weighted by Crippen LogP contribution is -2.32. The van der Waals surface area contributed by atoms with Gasteiger partial charge in [-0.3, -0.25) is 9.59 Å². The maximum Gasteiger partial charge on any atom is 0.265 e. The number of ether oxygens (including phenoxy) is 2. The average molecular weight is 384 g/mol. The van der Waals surface area contributed by atoms with E-state index in [9.17, 15) is 9.59 Å². The fraction of sp³-hybridized carbons (Fsp3) is 0.364. The topological polar surface area (TPSA) is 76.7 Å². The molecule has 2 aromatic carbocycles. The molecule has 2 rings (SSSR count). The van der Waals surface area contributed by atoms with Crippen molar-refractivity contribution in [3.63, 3.8) is 0 Å². The van der Waals surface area contributed by atoms with Gasteiger partial charge in [0.1, 0.15) is 5.75 Å². The predicted octanol–water partition coefficient (Wildman–Crippen LogP) is 3.42. The van der Waals surface area contributed by atoms with E-state index in [-0.39, 0.29) is 11.8 Å². The van der Waals surface area contributed by atoms with Crippen molar-refractivity contribution in [2.45, 2.75) is 32.8 Å². The Kier molecular flexibility index (Phi) is 8.49. The lowest BCUT2D eigenvalue weighted by molar-refractivity contribution is -0.122. The molecule has 6 heteroatoms. The van der Waals surface area contributed by atoms with Crippen molar-refractivity contribution in [3.05, 3.63) is 59.7 Å². The maximum absolute atomic E-state index is 12.6. The number of nitrogens with one attached hydrogen (secondary N) is 2. The first-order valence-corrected chi connectivity index (χ1v) is 9.48. The van der Waals surface area contributed by atoms with Crippen LogP contribution in [0.15, 0.2) is 48.5 Å². The van der Waals surface area contributed by atoms with E-state index in [1.165, 1.54) is 0 Å². The van der Waals surface area contributed by atoms with Crippen LogP contribution in [0.1, 0.15) is 36.2 Å². The molecule has 1 atom stereocenters. The first-order valence-electron chi connectivity index (χ1n) is 9.48. The lowest BCUT2D eigenvalue weighted by Gasteiger charge is -2.18. The third-order valence-electron chi connectivity index (χ3n) is 4.27. The van der Waals surface area contributed by atoms with Crippen LogP contribution in [0.5, 0.6) is 5.75 Å². The molecule has 6 nitrogen and oxygen atoms in total. The van der Waals surface area contributed by atoms with Crippen LogP contribution in [0.2, 0.25) is 0 Å². The van der Waals surface area contributed by atoms with Crippen molar-refractivity contribution >= 4 is 17.5 Å². The van der Waals surface area contributed by atoms with Crippen molar-refractivity contribution in [2.75, 3.05) is 25.6 Å². The van der Waals surface area contributed by atoms with Crippen LogP contribution in [0, 0.1) is 0 Å². The quantitative estimate of drug-likeness (QED) is 0.616. The minimum atomic E-state index is -0.703. The summed E-state index contributed by atoms with van der Waals surface area (Å²) in [6.07, 6.45) is 0.834. The van der Waals surface area contributed by atoms with E-state index < -0.39 is 6.10 Å². The Hall–Kier alpha value is -2.86. The number of aryl methyl sites for hydroxylation is 1. The minimum Gasteiger partial charge on any atom is -0.481 e. The van der Waals surface area contributed by atoms with Crippen molar-refractivity contribution in [3.8, 4) is 5.75 Å². The number of benzene rings is 2. The molecule has 0 heterocycles. The second-order valence-corrected chi connectivity index (χ2v) is 6.36. The van der Waals surface area contributed by atoms with E-state index in [0.717, 1.165) is 18.4 Å². The molecule has 0 aliphatic heterocycles. The Morgan fingerprint density at radius 2 is 1.79 bits per heavy atom. The summed E-state index contributed by atoms with van der Waals surface area (Å²) < 4.78 is 10.8. The number of methoxy groups -OCH3 is 1. The lowest BCUT2D eigenvalue weighted by atomic mass is 10.1. The SMILES string of the molecule is CCc1ccccc1O[C@@H](C)C(=O)Nc1ccccc1C(=O)NCCCOC. The second-order valence-electron chi connectivity index (χ2n) is 6.36. The summed E-state index contributed by atoms with van der Waals surface area (Å²) in [4.78, 5) is 25.0. The van der Waals surface area contributed by atoms with Crippen LogP contribution < -0.4 is 15.4 Å². The number of carbonyl (C=O) groups excluding carboxylic acids is 2. The fourth-order valence-corrected chi connectivity index (χ4v) is 2.69. The number of anilines is 1. The Balaban J connectivity index is 2.02. The van der Waals surface area contributed by atoms with Gasteiger partial charge in [0.05, 0.1) is 11.3 Å². The second kappa shape index (κ2) is 11.1. The molecule has 0 aliphatic rings. The molecule has 0 bridgehead atoms. The molecule has 0 spiro atoms. The maximum atomic E-state index is 12.6. The van der Waals surface area contributed by atoms with Gasteiger partial charge in [-0.25, -0.2) is 0 Å². The Morgan fingerprint density at radius 3 is 2.54 bits per heavy atom. The van der Waals surface area contributed by atoms with E-state index in [2.05, 4.69) is 10.6 Å². The number of hydrogen-bond acceptors (Lipinski definition) is 4. The van der Waals surface area contributed by atoms with Gasteiger partial charge < -0.3 is 20.1 Å². The zero-order valence-electron chi connectivity index (χ0n) is 16.7. The molecule has 0 radical (unpaired) electrons. The summed E-state index contributed by atoms with van der Waals surface area (Å²) in [5, 5.41) is 5.63. The van der Waals surface area contributed by atoms with Gasteiger partial charge in [-0.15, -0.1) is 0 Å². The first kappa shape index (κ1) is 21.4. The fourth-order valence-electron chi connectivity index (χ4n) is 2.69. The summed E-state index contributed by atoms with van der Waals surface area (Å²) >= 11 is 0. The highest BCUT2D eigenvalue weighted by Gasteiger charge is 2.19. The first-order chi connectivity index (χ1) is 13.6. The molecule has 2 N–H and O–H groups in total. The van der Waals surface area contributed by atoms with Gasteiger partial charge >= 0.3 is 0 Å². The van der Waals surface area contributed by atoms with Crippen LogP contribution in [0.4, 0.5) is 5.69 Å². The largest absolute Gasteiger partial charge is 0.481 e. The molecule has 28 heavy (non-hydrogen) atoms. The van der Waals surface area contributed by atoms with Crippen molar-refractivity contribution in [1.82, 2.24) is 5.32 Å². The van der Waals surface area contributed by atoms with Gasteiger partial charge in [0, 0.05) is 20.3 Å². The van der Waals surface area contributed by atoms with E-state index in [1.54, 1.807) is 38.3 Å². The molecular weight excluding hydrogens is 356 g/mol. The monoisotopic (exact) mass is 384 g/mol. The highest BCUT2D eigenvalue weighted by molar-refractivity contribution is 6.04. The Bertz CT molecular complexity index is 792. The molecule has 0 aromatic heterocycles. The summed E-state index contributed by atoms with van der Waals surface area (Å²) in [7, 11) is 1.62. The van der Waals surface area contributed by atoms with Crippen LogP contribution in [0.3, 0.4) is 0 Å². The molecule has 150 valence electrons. The third-order valence-corrected chi connectivity index (χ3v) is 4.27. The van der Waals surface area contributed by atoms with Crippen LogP contribution in [-0.2, 0) is 16.0 Å². The number of carbonyl (C=O) groups is 2. The summed E-state index contributed by atoms with van der Waals surface area (Å²) in [5.74, 6) is 0.138. The van der Waals surface area contributed by atoms with Gasteiger partial charge in [0.25, 0.3) is 11.8 Å². The van der Waals surface area contributed by atoms with E-state index in [4.69, 9.17) is 9.47 Å².